The van der Waals surface area contributed by atoms with Crippen molar-refractivity contribution in [3.8, 4) is 0 Å². The average molecular weight is 389 g/mol. The van der Waals surface area contributed by atoms with Gasteiger partial charge in [0.25, 0.3) is 17.4 Å². The van der Waals surface area contributed by atoms with Crippen LogP contribution < -0.4 is 10.9 Å². The van der Waals surface area contributed by atoms with E-state index in [1.165, 1.54) is 0 Å². The highest BCUT2D eigenvalue weighted by Crippen LogP contribution is 2.22. The zero-order valence-corrected chi connectivity index (χ0v) is 15.6. The van der Waals surface area contributed by atoms with Gasteiger partial charge in [0.15, 0.2) is 0 Å². The first-order valence-electron chi connectivity index (χ1n) is 9.37. The molecule has 2 aromatic carbocycles. The van der Waals surface area contributed by atoms with Gasteiger partial charge in [-0.25, -0.2) is 0 Å². The smallest absolute Gasteiger partial charge is 0.261 e. The van der Waals surface area contributed by atoms with Crippen molar-refractivity contribution < 1.29 is 14.4 Å². The lowest BCUT2D eigenvalue weighted by Gasteiger charge is -2.13. The van der Waals surface area contributed by atoms with Gasteiger partial charge in [-0.05, 0) is 36.1 Å². The second kappa shape index (κ2) is 7.71. The molecule has 0 atom stereocenters. The molecule has 0 bridgehead atoms. The summed E-state index contributed by atoms with van der Waals surface area (Å²) in [7, 11) is 0. The van der Waals surface area contributed by atoms with E-state index >= 15 is 0 Å². The Kier molecular flexibility index (Phi) is 4.95. The summed E-state index contributed by atoms with van der Waals surface area (Å²) >= 11 is 0. The Hall–Kier alpha value is -3.74. The predicted molar refractivity (Wildman–Crippen MR) is 108 cm³/mol. The monoisotopic (exact) mass is 389 g/mol. The van der Waals surface area contributed by atoms with Gasteiger partial charge < -0.3 is 10.3 Å². The summed E-state index contributed by atoms with van der Waals surface area (Å²) < 4.78 is 0. The van der Waals surface area contributed by atoms with Crippen LogP contribution in [0.2, 0.25) is 0 Å². The number of rotatable bonds is 6. The first-order chi connectivity index (χ1) is 14.0. The van der Waals surface area contributed by atoms with E-state index in [2.05, 4.69) is 10.3 Å². The van der Waals surface area contributed by atoms with E-state index < -0.39 is 0 Å². The van der Waals surface area contributed by atoms with Crippen LogP contribution in [0, 0.1) is 0 Å². The Labute approximate surface area is 166 Å². The van der Waals surface area contributed by atoms with Gasteiger partial charge in [-0.2, -0.15) is 0 Å². The number of aromatic amines is 1. The number of benzene rings is 2. The number of para-hydroxylation sites is 1. The zero-order chi connectivity index (χ0) is 20.4. The number of amides is 3. The number of H-pyrrole nitrogens is 1. The molecule has 1 aliphatic heterocycles. The highest BCUT2D eigenvalue weighted by atomic mass is 16.2. The Morgan fingerprint density at radius 3 is 2.31 bits per heavy atom. The standard InChI is InChI=1S/C22H19N3O4/c26-19(10-12-25-21(28)16-6-2-3-7-17(16)22(25)29)23-11-9-15-13-14-5-1-4-8-18(14)24-20(15)27/h1-8,13H,9-12H2,(H,23,26)(H,24,27). The number of fused-ring (bicyclic) bond motifs is 2. The first kappa shape index (κ1) is 18.6. The first-order valence-corrected chi connectivity index (χ1v) is 9.37. The van der Waals surface area contributed by atoms with E-state index in [-0.39, 0.29) is 36.2 Å². The van der Waals surface area contributed by atoms with Crippen molar-refractivity contribution in [2.24, 2.45) is 0 Å². The van der Waals surface area contributed by atoms with Crippen LogP contribution in [0.15, 0.2) is 59.4 Å². The lowest BCUT2D eigenvalue weighted by atomic mass is 10.1. The second-order valence-corrected chi connectivity index (χ2v) is 6.87. The van der Waals surface area contributed by atoms with Crippen molar-refractivity contribution in [2.45, 2.75) is 12.8 Å². The van der Waals surface area contributed by atoms with Crippen molar-refractivity contribution in [3.05, 3.63) is 81.6 Å². The third-order valence-corrected chi connectivity index (χ3v) is 4.99. The molecule has 29 heavy (non-hydrogen) atoms. The van der Waals surface area contributed by atoms with Gasteiger partial charge in [0.1, 0.15) is 0 Å². The van der Waals surface area contributed by atoms with E-state index in [0.717, 1.165) is 15.8 Å². The van der Waals surface area contributed by atoms with E-state index in [0.29, 0.717) is 29.7 Å². The fraction of sp³-hybridized carbons (Fsp3) is 0.182. The molecule has 1 aliphatic rings. The van der Waals surface area contributed by atoms with Crippen molar-refractivity contribution in [1.82, 2.24) is 15.2 Å². The Bertz CT molecular complexity index is 1150. The number of hydrogen-bond donors (Lipinski definition) is 2. The molecule has 0 saturated heterocycles. The third-order valence-electron chi connectivity index (χ3n) is 4.99. The molecule has 1 aromatic heterocycles. The van der Waals surface area contributed by atoms with Gasteiger partial charge in [-0.1, -0.05) is 30.3 Å². The van der Waals surface area contributed by atoms with Crippen LogP contribution >= 0.6 is 0 Å². The molecule has 3 aromatic rings. The molecule has 7 nitrogen and oxygen atoms in total. The summed E-state index contributed by atoms with van der Waals surface area (Å²) in [4.78, 5) is 52.8. The van der Waals surface area contributed by atoms with Crippen molar-refractivity contribution in [3.63, 3.8) is 0 Å². The SMILES string of the molecule is O=C(CCN1C(=O)c2ccccc2C1=O)NCCc1cc2ccccc2[nH]c1=O. The van der Waals surface area contributed by atoms with Crippen LogP contribution in [0.4, 0.5) is 0 Å². The van der Waals surface area contributed by atoms with E-state index in [4.69, 9.17) is 0 Å². The molecular formula is C22H19N3O4. The minimum absolute atomic E-state index is 0.0134. The Balaban J connectivity index is 1.30. The number of carbonyl (C=O) groups is 3. The highest BCUT2D eigenvalue weighted by molar-refractivity contribution is 6.21. The maximum Gasteiger partial charge on any atom is 0.261 e. The number of hydrogen-bond acceptors (Lipinski definition) is 4. The van der Waals surface area contributed by atoms with Gasteiger partial charge in [0.2, 0.25) is 5.91 Å². The topological polar surface area (TPSA) is 99.3 Å². The number of aromatic nitrogens is 1. The van der Waals surface area contributed by atoms with Crippen molar-refractivity contribution in [2.75, 3.05) is 13.1 Å². The van der Waals surface area contributed by atoms with Crippen LogP contribution in [0.3, 0.4) is 0 Å². The number of carbonyl (C=O) groups excluding carboxylic acids is 3. The van der Waals surface area contributed by atoms with Crippen LogP contribution in [0.5, 0.6) is 0 Å². The van der Waals surface area contributed by atoms with Crippen molar-refractivity contribution in [1.29, 1.82) is 0 Å². The lowest BCUT2D eigenvalue weighted by Crippen LogP contribution is -2.35. The third kappa shape index (κ3) is 3.67. The van der Waals surface area contributed by atoms with Crippen LogP contribution in [-0.2, 0) is 11.2 Å². The molecule has 4 rings (SSSR count). The fourth-order valence-electron chi connectivity index (χ4n) is 3.46. The van der Waals surface area contributed by atoms with Crippen molar-refractivity contribution >= 4 is 28.6 Å². The van der Waals surface area contributed by atoms with Crippen LogP contribution in [0.1, 0.15) is 32.7 Å². The largest absolute Gasteiger partial charge is 0.356 e. The minimum Gasteiger partial charge on any atom is -0.356 e. The summed E-state index contributed by atoms with van der Waals surface area (Å²) in [5.41, 5.74) is 1.92. The van der Waals surface area contributed by atoms with Crippen LogP contribution in [0.25, 0.3) is 10.9 Å². The molecule has 3 amide bonds. The van der Waals surface area contributed by atoms with Gasteiger partial charge in [-0.15, -0.1) is 0 Å². The quantitative estimate of drug-likeness (QED) is 0.629. The average Bonchev–Trinajstić information content (AvgIpc) is 2.97. The van der Waals surface area contributed by atoms with Gasteiger partial charge in [0.05, 0.1) is 11.1 Å². The summed E-state index contributed by atoms with van der Waals surface area (Å²) in [6.45, 7) is 0.317. The van der Waals surface area contributed by atoms with Gasteiger partial charge in [-0.3, -0.25) is 24.1 Å². The fourth-order valence-corrected chi connectivity index (χ4v) is 3.46. The second-order valence-electron chi connectivity index (χ2n) is 6.87. The number of pyridine rings is 1. The highest BCUT2D eigenvalue weighted by Gasteiger charge is 2.34. The van der Waals surface area contributed by atoms with Gasteiger partial charge >= 0.3 is 0 Å². The molecule has 0 unspecified atom stereocenters. The maximum absolute atomic E-state index is 12.3. The summed E-state index contributed by atoms with van der Waals surface area (Å²) in [5.74, 6) is -1.03. The molecule has 146 valence electrons. The number of nitrogens with one attached hydrogen (secondary N) is 2. The lowest BCUT2D eigenvalue weighted by molar-refractivity contribution is -0.121. The molecular weight excluding hydrogens is 370 g/mol. The minimum atomic E-state index is -0.374. The number of imide groups is 1. The maximum atomic E-state index is 12.3. The van der Waals surface area contributed by atoms with E-state index in [1.807, 2.05) is 30.3 Å². The molecule has 0 aliphatic carbocycles. The Morgan fingerprint density at radius 1 is 0.931 bits per heavy atom. The zero-order valence-electron chi connectivity index (χ0n) is 15.6. The molecule has 7 heteroatoms. The van der Waals surface area contributed by atoms with E-state index in [1.54, 1.807) is 24.3 Å². The van der Waals surface area contributed by atoms with Gasteiger partial charge in [0, 0.05) is 30.6 Å². The molecule has 0 spiro atoms. The molecule has 2 heterocycles. The van der Waals surface area contributed by atoms with Crippen LogP contribution in [-0.4, -0.2) is 40.7 Å². The molecule has 0 saturated carbocycles. The Morgan fingerprint density at radius 2 is 1.59 bits per heavy atom. The predicted octanol–water partition coefficient (Wildman–Crippen LogP) is 1.87. The molecule has 0 fully saturated rings. The normalized spacial score (nSPS) is 13.0. The molecule has 0 radical (unpaired) electrons. The summed E-state index contributed by atoms with van der Waals surface area (Å²) in [5, 5.41) is 3.67. The molecule has 2 N–H and O–H groups in total. The van der Waals surface area contributed by atoms with E-state index in [9.17, 15) is 19.2 Å². The summed E-state index contributed by atoms with van der Waals surface area (Å²) in [6.07, 6.45) is 0.401. The summed E-state index contributed by atoms with van der Waals surface area (Å²) in [6, 6.07) is 15.9. The number of nitrogens with zero attached hydrogens (tertiary/aromatic N) is 1.